The first-order valence-electron chi connectivity index (χ1n) is 16.3. The average molecular weight is 725 g/mol. The van der Waals surface area contributed by atoms with Crippen LogP contribution in [0.4, 0.5) is 0 Å². The van der Waals surface area contributed by atoms with Crippen LogP contribution in [0.15, 0.2) is 22.6 Å². The zero-order valence-electron chi connectivity index (χ0n) is 29.3. The minimum Gasteiger partial charge on any atom is -1.00 e. The van der Waals surface area contributed by atoms with Crippen molar-refractivity contribution in [2.24, 2.45) is 0 Å². The number of hydrogen-bond donors (Lipinski definition) is 0. The number of esters is 2. The summed E-state index contributed by atoms with van der Waals surface area (Å²) in [5.41, 5.74) is 13.9. The maximum Gasteiger partial charge on any atom is 2.00 e. The molecule has 0 aromatic carbocycles. The van der Waals surface area contributed by atoms with Crippen molar-refractivity contribution in [1.29, 1.82) is 0 Å². The van der Waals surface area contributed by atoms with Crippen LogP contribution in [0.2, 0.25) is 0 Å². The summed E-state index contributed by atoms with van der Waals surface area (Å²) in [6, 6.07) is 6.18. The first-order valence-corrected chi connectivity index (χ1v) is 16.3. The maximum absolute atomic E-state index is 11.6. The number of rotatable bonds is 10. The van der Waals surface area contributed by atoms with Crippen molar-refractivity contribution in [1.82, 2.24) is 19.9 Å². The molecular weight excluding hydrogens is 681 g/mol. The first-order chi connectivity index (χ1) is 22.1. The minimum atomic E-state index is -0.339. The van der Waals surface area contributed by atoms with E-state index in [0.29, 0.717) is 37.3 Å². The predicted molar refractivity (Wildman–Crippen MR) is 181 cm³/mol. The Bertz CT molecular complexity index is 1940. The molecule has 250 valence electrons. The number of halogens is 1. The van der Waals surface area contributed by atoms with Gasteiger partial charge in [-0.3, -0.25) is 9.59 Å². The van der Waals surface area contributed by atoms with Gasteiger partial charge >= 0.3 is 37.3 Å². The van der Waals surface area contributed by atoms with Crippen LogP contribution in [0.1, 0.15) is 113 Å². The number of aryl methyl sites for hydroxylation is 3. The summed E-state index contributed by atoms with van der Waals surface area (Å²) in [5, 5.41) is 0. The molecule has 0 saturated heterocycles. The van der Waals surface area contributed by atoms with Crippen LogP contribution in [0.5, 0.6) is 0 Å². The van der Waals surface area contributed by atoms with Crippen molar-refractivity contribution in [2.45, 2.75) is 93.9 Å². The molecule has 0 atom stereocenters. The summed E-state index contributed by atoms with van der Waals surface area (Å²) < 4.78 is 17.3. The van der Waals surface area contributed by atoms with Gasteiger partial charge in [-0.05, 0) is 56.3 Å². The van der Waals surface area contributed by atoms with E-state index < -0.39 is 0 Å². The van der Waals surface area contributed by atoms with E-state index in [-0.39, 0.29) is 57.0 Å². The van der Waals surface area contributed by atoms with Crippen LogP contribution >= 0.6 is 0 Å². The topological polar surface area (TPSA) is 118 Å². The zero-order chi connectivity index (χ0) is 33.1. The van der Waals surface area contributed by atoms with Gasteiger partial charge in [0.15, 0.2) is 0 Å². The van der Waals surface area contributed by atoms with Gasteiger partial charge in [-0.2, -0.15) is 4.98 Å². The molecule has 2 aliphatic rings. The van der Waals surface area contributed by atoms with Crippen LogP contribution in [-0.4, -0.2) is 35.1 Å². The van der Waals surface area contributed by atoms with E-state index >= 15 is 0 Å². The Labute approximate surface area is 301 Å². The van der Waals surface area contributed by atoms with E-state index in [2.05, 4.69) is 47.6 Å². The molecule has 3 aromatic rings. The number of ether oxygens (including phenoxy) is 2. The van der Waals surface area contributed by atoms with Crippen LogP contribution in [0, 0.1) is 6.92 Å². The molecule has 0 N–H and O–H groups in total. The van der Waals surface area contributed by atoms with Gasteiger partial charge < -0.3 is 31.8 Å². The first kappa shape index (κ1) is 38.8. The van der Waals surface area contributed by atoms with Gasteiger partial charge in [0.25, 0.3) is 5.71 Å². The van der Waals surface area contributed by atoms with Crippen LogP contribution < -0.4 is 22.4 Å². The number of carbonyl (C=O) groups is 2. The smallest absolute Gasteiger partial charge is 1.00 e. The SMILES string of the molecule is CCC1=C(C)c2cc3[n-]c([o+]c4nc(cc5[n-]c(cc1n2)c(CC)c5C)C(CC)=C4CCOC(C)=O)c(CCOC(C)=O)c3CC.[Cl-].[Zn+2]. The van der Waals surface area contributed by atoms with E-state index in [4.69, 9.17) is 33.8 Å². The van der Waals surface area contributed by atoms with Gasteiger partial charge in [0.05, 0.1) is 35.9 Å². The van der Waals surface area contributed by atoms with Crippen molar-refractivity contribution < 1.29 is 55.4 Å². The molecule has 0 spiro atoms. The third kappa shape index (κ3) is 7.81. The Morgan fingerprint density at radius 3 is 1.85 bits per heavy atom. The second kappa shape index (κ2) is 16.7. The van der Waals surface area contributed by atoms with Gasteiger partial charge in [-0.25, -0.2) is 9.40 Å². The van der Waals surface area contributed by atoms with Crippen LogP contribution in [0.25, 0.3) is 44.6 Å². The minimum absolute atomic E-state index is 0. The molecule has 11 heteroatoms. The Morgan fingerprint density at radius 2 is 1.25 bits per heavy atom. The molecule has 2 aliphatic heterocycles. The summed E-state index contributed by atoms with van der Waals surface area (Å²) >= 11 is 0. The van der Waals surface area contributed by atoms with Crippen LogP contribution in [0.3, 0.4) is 0 Å². The molecule has 0 fully saturated rings. The molecular formula is C37H43ClN4O5Zn. The second-order valence-electron chi connectivity index (χ2n) is 11.6. The summed E-state index contributed by atoms with van der Waals surface area (Å²) in [6.07, 6.45) is 3.95. The quantitative estimate of drug-likeness (QED) is 0.168. The maximum atomic E-state index is 11.6. The molecule has 5 heterocycles. The largest absolute Gasteiger partial charge is 2.00 e. The van der Waals surface area contributed by atoms with E-state index in [0.717, 1.165) is 79.9 Å². The van der Waals surface area contributed by atoms with Gasteiger partial charge in [0.2, 0.25) is 0 Å². The fourth-order valence-electron chi connectivity index (χ4n) is 6.51. The molecule has 0 aliphatic carbocycles. The number of aromatic nitrogens is 4. The summed E-state index contributed by atoms with van der Waals surface area (Å²) in [5.74, 6) is -0.255. The number of hydrogen-bond acceptors (Lipinski definition) is 6. The van der Waals surface area contributed by atoms with Crippen molar-refractivity contribution in [3.05, 3.63) is 63.4 Å². The molecule has 0 unspecified atom stereocenters. The Kier molecular flexibility index (Phi) is 13.5. The summed E-state index contributed by atoms with van der Waals surface area (Å²) in [6.45, 7) is 15.9. The predicted octanol–water partition coefficient (Wildman–Crippen LogP) is 4.60. The standard InChI is InChI=1S/C37H43N4O5.ClH.Zn/c1-9-24-20(5)30-17-34-26(11-3)28(13-15-44-22(7)42)36(40-34)46-37-29(14-16-45-23(8)43)27(12-4)35(41-37)18-31-21(6)25(10-2)33(39-31)19-32(24)38-30;;/h17-19H,9-16H2,1-8H3;1H;/q-1;;+2/p-1. The van der Waals surface area contributed by atoms with Gasteiger partial charge in [0, 0.05) is 32.3 Å². The van der Waals surface area contributed by atoms with Crippen molar-refractivity contribution >= 4 is 56.5 Å². The van der Waals surface area contributed by atoms with Gasteiger partial charge in [-0.15, -0.1) is 16.6 Å². The molecule has 5 rings (SSSR count). The van der Waals surface area contributed by atoms with Gasteiger partial charge in [-0.1, -0.05) is 62.6 Å². The molecule has 0 saturated carbocycles. The van der Waals surface area contributed by atoms with Crippen LogP contribution in [-0.2, 0) is 57.8 Å². The third-order valence-corrected chi connectivity index (χ3v) is 8.82. The van der Waals surface area contributed by atoms with E-state index in [1.54, 1.807) is 0 Å². The Hall–Kier alpha value is -3.62. The summed E-state index contributed by atoms with van der Waals surface area (Å²) in [7, 11) is 0. The molecule has 0 amide bonds. The molecule has 0 radical (unpaired) electrons. The Morgan fingerprint density at radius 1 is 0.688 bits per heavy atom. The van der Waals surface area contributed by atoms with E-state index in [9.17, 15) is 9.59 Å². The average Bonchev–Trinajstić information content (AvgIpc) is 3.69. The van der Waals surface area contributed by atoms with E-state index in [1.807, 2.05) is 12.1 Å². The molecule has 48 heavy (non-hydrogen) atoms. The molecule has 8 bridgehead atoms. The fraction of sp³-hybridized carbons (Fsp3) is 0.432. The van der Waals surface area contributed by atoms with Crippen molar-refractivity contribution in [3.63, 3.8) is 0 Å². The monoisotopic (exact) mass is 722 g/mol. The number of allylic oxidation sites excluding steroid dienone is 3. The summed E-state index contributed by atoms with van der Waals surface area (Å²) in [4.78, 5) is 43.5. The van der Waals surface area contributed by atoms with E-state index in [1.165, 1.54) is 25.0 Å². The Balaban J connectivity index is 0.00000312. The zero-order valence-corrected chi connectivity index (χ0v) is 33.0. The number of fused-ring (bicyclic) bond motifs is 8. The number of carbonyl (C=O) groups excluding carboxylic acids is 2. The van der Waals surface area contributed by atoms with Crippen molar-refractivity contribution in [2.75, 3.05) is 13.2 Å². The molecule has 9 nitrogen and oxygen atoms in total. The second-order valence-corrected chi connectivity index (χ2v) is 11.6. The van der Waals surface area contributed by atoms with Gasteiger partial charge in [0.1, 0.15) is 0 Å². The number of nitrogens with zero attached hydrogens (tertiary/aromatic N) is 4. The van der Waals surface area contributed by atoms with Crippen molar-refractivity contribution in [3.8, 4) is 0 Å². The molecule has 3 aromatic heterocycles. The normalized spacial score (nSPS) is 12.5. The fourth-order valence-corrected chi connectivity index (χ4v) is 6.51. The third-order valence-electron chi connectivity index (χ3n) is 8.82.